The van der Waals surface area contributed by atoms with Gasteiger partial charge >= 0.3 is 0 Å². The van der Waals surface area contributed by atoms with Gasteiger partial charge in [-0.1, -0.05) is 6.07 Å². The summed E-state index contributed by atoms with van der Waals surface area (Å²) >= 11 is 1.63. The van der Waals surface area contributed by atoms with Crippen LogP contribution >= 0.6 is 11.3 Å². The molecule has 1 aliphatic rings. The van der Waals surface area contributed by atoms with E-state index in [0.717, 1.165) is 24.3 Å². The Hall–Kier alpha value is -1.13. The Labute approximate surface area is 99.6 Å². The summed E-state index contributed by atoms with van der Waals surface area (Å²) in [6, 6.07) is 4.12. The van der Waals surface area contributed by atoms with Gasteiger partial charge in [0.2, 0.25) is 5.91 Å². The summed E-state index contributed by atoms with van der Waals surface area (Å²) in [7, 11) is 0. The van der Waals surface area contributed by atoms with Gasteiger partial charge < -0.3 is 10.6 Å². The Bertz CT molecular complexity index is 372. The molecular formula is C12H16N2OS. The van der Waals surface area contributed by atoms with Crippen molar-refractivity contribution < 1.29 is 4.79 Å². The van der Waals surface area contributed by atoms with E-state index >= 15 is 0 Å². The number of hydrogen-bond acceptors (Lipinski definition) is 3. The van der Waals surface area contributed by atoms with Crippen LogP contribution in [0, 0.1) is 0 Å². The van der Waals surface area contributed by atoms with E-state index in [9.17, 15) is 4.79 Å². The van der Waals surface area contributed by atoms with Crippen molar-refractivity contribution in [3.63, 3.8) is 0 Å². The molecule has 0 saturated carbocycles. The predicted molar refractivity (Wildman–Crippen MR) is 67.1 cm³/mol. The maximum atomic E-state index is 11.8. The number of rotatable bonds is 2. The average molecular weight is 236 g/mol. The third-order valence-corrected chi connectivity index (χ3v) is 3.54. The molecule has 1 amide bonds. The van der Waals surface area contributed by atoms with Crippen molar-refractivity contribution >= 4 is 23.3 Å². The number of likely N-dealkylation sites (tertiary alicyclic amines) is 1. The van der Waals surface area contributed by atoms with Crippen molar-refractivity contribution in [1.29, 1.82) is 0 Å². The van der Waals surface area contributed by atoms with Gasteiger partial charge in [-0.05, 0) is 30.4 Å². The molecule has 1 unspecified atom stereocenters. The first-order valence-corrected chi connectivity index (χ1v) is 6.40. The average Bonchev–Trinajstić information content (AvgIpc) is 2.78. The topological polar surface area (TPSA) is 46.3 Å². The van der Waals surface area contributed by atoms with Crippen LogP contribution in [0.4, 0.5) is 0 Å². The molecule has 0 radical (unpaired) electrons. The second-order valence-corrected chi connectivity index (χ2v) is 5.01. The minimum Gasteiger partial charge on any atom is -0.338 e. The summed E-state index contributed by atoms with van der Waals surface area (Å²) in [6.45, 7) is 1.52. The fourth-order valence-electron chi connectivity index (χ4n) is 1.86. The Morgan fingerprint density at radius 3 is 3.19 bits per heavy atom. The minimum atomic E-state index is 0.0727. The SMILES string of the molecule is NC1CCCN(C(=O)/C=C/c2cccs2)C1. The van der Waals surface area contributed by atoms with Crippen molar-refractivity contribution in [2.75, 3.05) is 13.1 Å². The fraction of sp³-hybridized carbons (Fsp3) is 0.417. The standard InChI is InChI=1S/C12H16N2OS/c13-10-3-1-7-14(9-10)12(15)6-5-11-4-2-8-16-11/h2,4-6,8,10H,1,3,7,9,13H2/b6-5+. The lowest BCUT2D eigenvalue weighted by molar-refractivity contribution is -0.127. The van der Waals surface area contributed by atoms with Crippen molar-refractivity contribution in [2.24, 2.45) is 5.73 Å². The first-order valence-electron chi connectivity index (χ1n) is 5.52. The maximum absolute atomic E-state index is 11.8. The van der Waals surface area contributed by atoms with Crippen LogP contribution in [0.15, 0.2) is 23.6 Å². The van der Waals surface area contributed by atoms with E-state index in [4.69, 9.17) is 5.73 Å². The van der Waals surface area contributed by atoms with E-state index in [1.165, 1.54) is 0 Å². The zero-order valence-electron chi connectivity index (χ0n) is 9.13. The minimum absolute atomic E-state index is 0.0727. The van der Waals surface area contributed by atoms with Gasteiger partial charge in [0.05, 0.1) is 0 Å². The number of carbonyl (C=O) groups excluding carboxylic acids is 1. The van der Waals surface area contributed by atoms with E-state index in [0.29, 0.717) is 6.54 Å². The molecule has 1 saturated heterocycles. The van der Waals surface area contributed by atoms with E-state index in [-0.39, 0.29) is 11.9 Å². The largest absolute Gasteiger partial charge is 0.338 e. The van der Waals surface area contributed by atoms with Crippen LogP contribution in [0.5, 0.6) is 0 Å². The number of hydrogen-bond donors (Lipinski definition) is 1. The molecule has 86 valence electrons. The molecule has 1 atom stereocenters. The smallest absolute Gasteiger partial charge is 0.246 e. The number of amides is 1. The number of carbonyl (C=O) groups is 1. The Balaban J connectivity index is 1.92. The van der Waals surface area contributed by atoms with Crippen molar-refractivity contribution in [1.82, 2.24) is 4.90 Å². The Kier molecular flexibility index (Phi) is 3.74. The molecule has 2 N–H and O–H groups in total. The van der Waals surface area contributed by atoms with Gasteiger partial charge in [0.25, 0.3) is 0 Å². The number of thiophene rings is 1. The molecule has 4 heteroatoms. The summed E-state index contributed by atoms with van der Waals surface area (Å²) in [6.07, 6.45) is 5.55. The molecular weight excluding hydrogens is 220 g/mol. The second kappa shape index (κ2) is 5.27. The summed E-state index contributed by atoms with van der Waals surface area (Å²) in [4.78, 5) is 14.8. The molecule has 1 aromatic rings. The molecule has 0 aromatic carbocycles. The van der Waals surface area contributed by atoms with Crippen LogP contribution in [0.2, 0.25) is 0 Å². The van der Waals surface area contributed by atoms with Gasteiger partial charge in [-0.2, -0.15) is 0 Å². The van der Waals surface area contributed by atoms with Crippen LogP contribution in [-0.4, -0.2) is 29.9 Å². The van der Waals surface area contributed by atoms with Crippen molar-refractivity contribution in [3.05, 3.63) is 28.5 Å². The summed E-state index contributed by atoms with van der Waals surface area (Å²) in [5.41, 5.74) is 5.84. The molecule has 0 bridgehead atoms. The molecule has 16 heavy (non-hydrogen) atoms. The first-order chi connectivity index (χ1) is 7.75. The van der Waals surface area contributed by atoms with Gasteiger partial charge in [-0.25, -0.2) is 0 Å². The summed E-state index contributed by atoms with van der Waals surface area (Å²) < 4.78 is 0. The highest BCUT2D eigenvalue weighted by Crippen LogP contribution is 2.12. The highest BCUT2D eigenvalue weighted by molar-refractivity contribution is 7.10. The molecule has 1 aliphatic heterocycles. The highest BCUT2D eigenvalue weighted by Gasteiger charge is 2.19. The van der Waals surface area contributed by atoms with Gasteiger partial charge in [0, 0.05) is 30.1 Å². The Morgan fingerprint density at radius 2 is 2.50 bits per heavy atom. The van der Waals surface area contributed by atoms with Crippen molar-refractivity contribution in [3.8, 4) is 0 Å². The van der Waals surface area contributed by atoms with E-state index < -0.39 is 0 Å². The highest BCUT2D eigenvalue weighted by atomic mass is 32.1. The van der Waals surface area contributed by atoms with E-state index in [1.54, 1.807) is 17.4 Å². The lowest BCUT2D eigenvalue weighted by Crippen LogP contribution is -2.45. The number of nitrogens with two attached hydrogens (primary N) is 1. The maximum Gasteiger partial charge on any atom is 0.246 e. The van der Waals surface area contributed by atoms with E-state index in [1.807, 2.05) is 28.5 Å². The van der Waals surface area contributed by atoms with Gasteiger partial charge in [0.1, 0.15) is 0 Å². The monoisotopic (exact) mass is 236 g/mol. The van der Waals surface area contributed by atoms with E-state index in [2.05, 4.69) is 0 Å². The third-order valence-electron chi connectivity index (χ3n) is 2.70. The quantitative estimate of drug-likeness (QED) is 0.795. The number of nitrogens with zero attached hydrogens (tertiary/aromatic N) is 1. The first kappa shape index (κ1) is 11.4. The normalized spacial score (nSPS) is 21.6. The third kappa shape index (κ3) is 2.93. The molecule has 0 aliphatic carbocycles. The van der Waals surface area contributed by atoms with Crippen LogP contribution in [0.1, 0.15) is 17.7 Å². The zero-order valence-corrected chi connectivity index (χ0v) is 9.95. The summed E-state index contributed by atoms with van der Waals surface area (Å²) in [5.74, 6) is 0.0727. The van der Waals surface area contributed by atoms with Crippen molar-refractivity contribution in [2.45, 2.75) is 18.9 Å². The molecule has 2 heterocycles. The molecule has 0 spiro atoms. The van der Waals surface area contributed by atoms with Crippen LogP contribution < -0.4 is 5.73 Å². The zero-order chi connectivity index (χ0) is 11.4. The number of piperidine rings is 1. The van der Waals surface area contributed by atoms with Crippen LogP contribution in [0.25, 0.3) is 6.08 Å². The lowest BCUT2D eigenvalue weighted by atomic mass is 10.1. The molecule has 1 fully saturated rings. The molecule has 3 nitrogen and oxygen atoms in total. The fourth-order valence-corrected chi connectivity index (χ4v) is 2.47. The lowest BCUT2D eigenvalue weighted by Gasteiger charge is -2.29. The van der Waals surface area contributed by atoms with Crippen LogP contribution in [0.3, 0.4) is 0 Å². The Morgan fingerprint density at radius 1 is 1.62 bits per heavy atom. The van der Waals surface area contributed by atoms with Crippen LogP contribution in [-0.2, 0) is 4.79 Å². The molecule has 1 aromatic heterocycles. The predicted octanol–water partition coefficient (Wildman–Crippen LogP) is 1.71. The van der Waals surface area contributed by atoms with Gasteiger partial charge in [-0.15, -0.1) is 11.3 Å². The summed E-state index contributed by atoms with van der Waals surface area (Å²) in [5, 5.41) is 2.00. The van der Waals surface area contributed by atoms with Gasteiger partial charge in [0.15, 0.2) is 0 Å². The molecule has 2 rings (SSSR count). The second-order valence-electron chi connectivity index (χ2n) is 4.04. The van der Waals surface area contributed by atoms with Gasteiger partial charge in [-0.3, -0.25) is 4.79 Å².